The number of rotatable bonds is 0. The lowest BCUT2D eigenvalue weighted by atomic mass is 11.2. The second-order valence-electron chi connectivity index (χ2n) is 6.23. The van der Waals surface area contributed by atoms with Crippen LogP contribution in [0.15, 0.2) is 0 Å². The quantitative estimate of drug-likeness (QED) is 0.389. The van der Waals surface area contributed by atoms with E-state index in [-0.39, 0.29) is 29.5 Å². The summed E-state index contributed by atoms with van der Waals surface area (Å²) in [5.74, 6) is 0. The fourth-order valence-electron chi connectivity index (χ4n) is 3.24. The van der Waals surface area contributed by atoms with Gasteiger partial charge in [-0.05, 0) is 0 Å². The highest BCUT2D eigenvalue weighted by atomic mass is 28.4. The van der Waals surface area contributed by atoms with Gasteiger partial charge in [0.05, 0.1) is 0 Å². The Labute approximate surface area is 83.7 Å². The molecule has 1 saturated heterocycles. The van der Waals surface area contributed by atoms with Crippen LogP contribution in [0.25, 0.3) is 0 Å². The Bertz CT molecular complexity index is 145. The largest absolute Gasteiger partial charge is 0.466 e. The number of hydrogen-bond donors (Lipinski definition) is 0. The molecule has 1 rings (SSSR count). The molecule has 72 valence electrons. The van der Waals surface area contributed by atoms with Crippen molar-refractivity contribution in [1.82, 2.24) is 0 Å². The molecule has 0 atom stereocenters. The average Bonchev–Trinajstić information content (AvgIpc) is 1.44. The highest BCUT2D eigenvalue weighted by Gasteiger charge is 2.47. The van der Waals surface area contributed by atoms with Crippen molar-refractivity contribution in [2.24, 2.45) is 0 Å². The van der Waals surface area contributed by atoms with Crippen LogP contribution in [-0.4, -0.2) is 83.3 Å². The van der Waals surface area contributed by atoms with E-state index in [2.05, 4.69) is 42.3 Å². The van der Waals surface area contributed by atoms with Crippen molar-refractivity contribution in [3.8, 4) is 0 Å². The molecule has 1 fully saturated rings. The van der Waals surface area contributed by atoms with Crippen LogP contribution < -0.4 is 0 Å². The Hall–Kier alpha value is 0.531. The topological polar surface area (TPSA) is 0 Å². The summed E-state index contributed by atoms with van der Waals surface area (Å²) in [6.45, 7) is 0. The summed E-state index contributed by atoms with van der Waals surface area (Å²) in [6, 6.07) is 0. The van der Waals surface area contributed by atoms with Crippen molar-refractivity contribution in [3.05, 3.63) is 0 Å². The molecule has 0 radical (unpaired) electrons. The van der Waals surface area contributed by atoms with Gasteiger partial charge in [-0.2, -0.15) is 0 Å². The lowest BCUT2D eigenvalue weighted by Gasteiger charge is -2.50. The molecule has 0 bridgehead atoms. The summed E-state index contributed by atoms with van der Waals surface area (Å²) < 4.78 is 4.31. The predicted molar refractivity (Wildman–Crippen MR) is 62.0 cm³/mol. The molecule has 1 aliphatic heterocycles. The molecule has 3 nitrogen and oxygen atoms in total. The molecule has 6 heteroatoms. The first-order valence-corrected chi connectivity index (χ1v) is 8.38. The van der Waals surface area contributed by atoms with Crippen molar-refractivity contribution in [2.75, 3.05) is 42.3 Å². The maximum atomic E-state index is 2.46. The van der Waals surface area contributed by atoms with E-state index in [1.165, 1.54) is 11.4 Å². The highest BCUT2D eigenvalue weighted by molar-refractivity contribution is 6.46. The van der Waals surface area contributed by atoms with E-state index in [4.69, 9.17) is 0 Å². The molecular weight excluding hydrogens is 198 g/mol. The lowest BCUT2D eigenvalue weighted by Crippen LogP contribution is -2.78. The Balaban J connectivity index is 2.81. The normalized spacial score (nSPS) is 37.5. The molecule has 0 unspecified atom stereocenters. The SMILES string of the molecule is C[N+]1(C)[SiH2][N+](C)(C)[SiH2][N+](C)(C)[SiH2]1. The zero-order chi connectivity index (χ0) is 9.62. The molecule has 0 aromatic rings. The van der Waals surface area contributed by atoms with Crippen LogP contribution in [0, 0.1) is 0 Å². The van der Waals surface area contributed by atoms with Crippen molar-refractivity contribution in [3.63, 3.8) is 0 Å². The van der Waals surface area contributed by atoms with Gasteiger partial charge in [0, 0.05) is 42.3 Å². The minimum absolute atomic E-state index is 0.0784. The summed E-state index contributed by atoms with van der Waals surface area (Å²) in [5.41, 5.74) is 0. The van der Waals surface area contributed by atoms with E-state index in [0.29, 0.717) is 0 Å². The predicted octanol–water partition coefficient (Wildman–Crippen LogP) is -2.77. The maximum Gasteiger partial charge on any atom is 0.466 e. The van der Waals surface area contributed by atoms with Crippen molar-refractivity contribution in [1.29, 1.82) is 0 Å². The monoisotopic (exact) mass is 222 g/mol. The molecule has 1 heterocycles. The third-order valence-electron chi connectivity index (χ3n) is 2.30. The van der Waals surface area contributed by atoms with Crippen LogP contribution in [0.3, 0.4) is 0 Å². The van der Waals surface area contributed by atoms with Gasteiger partial charge in [-0.25, -0.2) is 0 Å². The molecule has 0 spiro atoms. The number of hydrogen-bond acceptors (Lipinski definition) is 0. The zero-order valence-corrected chi connectivity index (χ0v) is 13.7. The van der Waals surface area contributed by atoms with Crippen molar-refractivity contribution < 1.29 is 11.4 Å². The van der Waals surface area contributed by atoms with Gasteiger partial charge in [-0.1, -0.05) is 0 Å². The van der Waals surface area contributed by atoms with Crippen LogP contribution >= 0.6 is 0 Å². The second-order valence-corrected chi connectivity index (χ2v) is 20.0. The van der Waals surface area contributed by atoms with Gasteiger partial charge in [-0.3, -0.25) is 0 Å². The summed E-state index contributed by atoms with van der Waals surface area (Å²) in [5, 5.41) is 0. The Morgan fingerprint density at radius 3 is 0.833 bits per heavy atom. The molecule has 1 aliphatic rings. The van der Waals surface area contributed by atoms with E-state index >= 15 is 0 Å². The fourth-order valence-corrected chi connectivity index (χ4v) is 22.8. The highest BCUT2D eigenvalue weighted by Crippen LogP contribution is 2.13. The second kappa shape index (κ2) is 2.76. The van der Waals surface area contributed by atoms with E-state index in [0.717, 1.165) is 0 Å². The summed E-state index contributed by atoms with van der Waals surface area (Å²) in [4.78, 5) is 0. The standard InChI is InChI=1S/C6H24N3Si3/c1-7(2)10-8(3,4)12-9(5,6)11-7/h10-12H2,1-6H3/q+3. The average molecular weight is 223 g/mol. The first-order valence-electron chi connectivity index (χ1n) is 4.58. The van der Waals surface area contributed by atoms with Crippen molar-refractivity contribution >= 4 is 29.5 Å². The molecule has 0 saturated carbocycles. The lowest BCUT2D eigenvalue weighted by molar-refractivity contribution is -0.890. The Kier molecular flexibility index (Phi) is 2.44. The van der Waals surface area contributed by atoms with Gasteiger partial charge in [0.15, 0.2) is 0 Å². The molecule has 0 N–H and O–H groups in total. The molecular formula is C6H24N3Si3+3. The Morgan fingerprint density at radius 2 is 0.667 bits per heavy atom. The first-order chi connectivity index (χ1) is 5.12. The van der Waals surface area contributed by atoms with Crippen LogP contribution in [0.4, 0.5) is 0 Å². The van der Waals surface area contributed by atoms with Gasteiger partial charge in [0.25, 0.3) is 0 Å². The molecule has 0 aliphatic carbocycles. The maximum absolute atomic E-state index is 2.46. The third kappa shape index (κ3) is 2.79. The molecule has 0 aromatic carbocycles. The van der Waals surface area contributed by atoms with Crippen LogP contribution in [-0.2, 0) is 0 Å². The number of nitrogens with zero attached hydrogens (tertiary/aromatic N) is 3. The van der Waals surface area contributed by atoms with E-state index in [1.54, 1.807) is 0 Å². The van der Waals surface area contributed by atoms with Gasteiger partial charge >= 0.3 is 29.5 Å². The fraction of sp³-hybridized carbons (Fsp3) is 1.00. The zero-order valence-electron chi connectivity index (χ0n) is 9.46. The summed E-state index contributed by atoms with van der Waals surface area (Å²) in [7, 11) is 15.0. The van der Waals surface area contributed by atoms with Crippen LogP contribution in [0.2, 0.25) is 0 Å². The summed E-state index contributed by atoms with van der Waals surface area (Å²) in [6.07, 6.45) is 0. The minimum atomic E-state index is 0.0784. The Morgan fingerprint density at radius 1 is 0.500 bits per heavy atom. The van der Waals surface area contributed by atoms with E-state index < -0.39 is 0 Å². The van der Waals surface area contributed by atoms with Gasteiger partial charge in [0.2, 0.25) is 0 Å². The van der Waals surface area contributed by atoms with Gasteiger partial charge in [-0.15, -0.1) is 0 Å². The van der Waals surface area contributed by atoms with Crippen molar-refractivity contribution in [2.45, 2.75) is 0 Å². The molecule has 0 aromatic heterocycles. The molecule has 0 amide bonds. The van der Waals surface area contributed by atoms with Gasteiger partial charge < -0.3 is 11.4 Å². The van der Waals surface area contributed by atoms with E-state index in [1.807, 2.05) is 0 Å². The molecule has 12 heavy (non-hydrogen) atoms. The van der Waals surface area contributed by atoms with E-state index in [9.17, 15) is 0 Å². The summed E-state index contributed by atoms with van der Waals surface area (Å²) >= 11 is 0. The van der Waals surface area contributed by atoms with Gasteiger partial charge in [0.1, 0.15) is 0 Å². The van der Waals surface area contributed by atoms with Crippen LogP contribution in [0.1, 0.15) is 0 Å². The minimum Gasteiger partial charge on any atom is -0.365 e. The first kappa shape index (κ1) is 10.6. The third-order valence-corrected chi connectivity index (χ3v) is 10.5. The van der Waals surface area contributed by atoms with Crippen LogP contribution in [0.5, 0.6) is 0 Å². The smallest absolute Gasteiger partial charge is 0.365 e. The number of quaternary nitrogens is 3.